The van der Waals surface area contributed by atoms with E-state index in [-0.39, 0.29) is 12.6 Å². The van der Waals surface area contributed by atoms with Crippen molar-refractivity contribution in [3.63, 3.8) is 0 Å². The van der Waals surface area contributed by atoms with Crippen molar-refractivity contribution in [1.29, 1.82) is 0 Å². The highest BCUT2D eigenvalue weighted by Gasteiger charge is 2.06. The predicted octanol–water partition coefficient (Wildman–Crippen LogP) is 0.365. The minimum atomic E-state index is -0.781. The van der Waals surface area contributed by atoms with Gasteiger partial charge < -0.3 is 10.4 Å². The van der Waals surface area contributed by atoms with Crippen LogP contribution in [0.3, 0.4) is 0 Å². The standard InChI is InChI=1S/C7H10N2O2/c10-7(11)3-2-6-8-4-1-5-9-6/h1,4-6,8H,2-3H2,(H,10,11). The van der Waals surface area contributed by atoms with Crippen molar-refractivity contribution < 1.29 is 9.90 Å². The summed E-state index contributed by atoms with van der Waals surface area (Å²) in [6, 6.07) is 0. The van der Waals surface area contributed by atoms with Crippen molar-refractivity contribution in [1.82, 2.24) is 5.32 Å². The van der Waals surface area contributed by atoms with Crippen LogP contribution in [0.4, 0.5) is 0 Å². The maximum atomic E-state index is 10.1. The molecule has 1 heterocycles. The van der Waals surface area contributed by atoms with E-state index in [0.717, 1.165) is 0 Å². The highest BCUT2D eigenvalue weighted by molar-refractivity contribution is 5.72. The molecule has 0 spiro atoms. The summed E-state index contributed by atoms with van der Waals surface area (Å²) in [7, 11) is 0. The van der Waals surface area contributed by atoms with Crippen molar-refractivity contribution in [2.75, 3.05) is 0 Å². The van der Waals surface area contributed by atoms with Gasteiger partial charge in [-0.2, -0.15) is 0 Å². The second-order valence-corrected chi connectivity index (χ2v) is 2.27. The van der Waals surface area contributed by atoms with Crippen LogP contribution in [0.1, 0.15) is 12.8 Å². The number of carbonyl (C=O) groups is 1. The first-order valence-corrected chi connectivity index (χ1v) is 3.45. The molecule has 1 atom stereocenters. The minimum Gasteiger partial charge on any atom is -0.481 e. The molecule has 0 bridgehead atoms. The van der Waals surface area contributed by atoms with Crippen LogP contribution < -0.4 is 5.32 Å². The molecule has 1 aliphatic heterocycles. The Morgan fingerprint density at radius 1 is 1.73 bits per heavy atom. The second-order valence-electron chi connectivity index (χ2n) is 2.27. The fraction of sp³-hybridized carbons (Fsp3) is 0.429. The summed E-state index contributed by atoms with van der Waals surface area (Å²) in [5.41, 5.74) is 0. The number of hydrogen-bond donors (Lipinski definition) is 2. The van der Waals surface area contributed by atoms with Gasteiger partial charge in [0.2, 0.25) is 0 Å². The summed E-state index contributed by atoms with van der Waals surface area (Å²) in [4.78, 5) is 14.2. The van der Waals surface area contributed by atoms with E-state index in [9.17, 15) is 4.79 Å². The van der Waals surface area contributed by atoms with Gasteiger partial charge in [-0.15, -0.1) is 0 Å². The van der Waals surface area contributed by atoms with E-state index in [0.29, 0.717) is 6.42 Å². The van der Waals surface area contributed by atoms with E-state index in [4.69, 9.17) is 5.11 Å². The van der Waals surface area contributed by atoms with Gasteiger partial charge in [-0.1, -0.05) is 0 Å². The van der Waals surface area contributed by atoms with E-state index < -0.39 is 5.97 Å². The Balaban J connectivity index is 2.22. The van der Waals surface area contributed by atoms with Gasteiger partial charge in [-0.05, 0) is 18.7 Å². The summed E-state index contributed by atoms with van der Waals surface area (Å²) in [6.07, 6.45) is 5.84. The zero-order valence-corrected chi connectivity index (χ0v) is 6.03. The quantitative estimate of drug-likeness (QED) is 0.617. The molecular weight excluding hydrogens is 144 g/mol. The molecule has 1 rings (SSSR count). The maximum absolute atomic E-state index is 10.1. The molecule has 0 aromatic heterocycles. The molecule has 1 unspecified atom stereocenters. The summed E-state index contributed by atoms with van der Waals surface area (Å²) < 4.78 is 0. The van der Waals surface area contributed by atoms with Crippen LogP contribution in [0.25, 0.3) is 0 Å². The Kier molecular flexibility index (Phi) is 2.66. The van der Waals surface area contributed by atoms with E-state index in [1.54, 1.807) is 18.5 Å². The van der Waals surface area contributed by atoms with Gasteiger partial charge in [0.1, 0.15) is 6.17 Å². The van der Waals surface area contributed by atoms with Crippen LogP contribution in [0.2, 0.25) is 0 Å². The number of aliphatic imine (C=N–C) groups is 1. The normalized spacial score (nSPS) is 21.3. The lowest BCUT2D eigenvalue weighted by Crippen LogP contribution is -2.25. The molecule has 2 N–H and O–H groups in total. The molecule has 1 aliphatic rings. The lowest BCUT2D eigenvalue weighted by molar-refractivity contribution is -0.137. The molecular formula is C7H10N2O2. The number of hydrogen-bond acceptors (Lipinski definition) is 3. The Morgan fingerprint density at radius 3 is 3.09 bits per heavy atom. The second kappa shape index (κ2) is 3.75. The zero-order chi connectivity index (χ0) is 8.10. The summed E-state index contributed by atoms with van der Waals surface area (Å²) in [6.45, 7) is 0. The highest BCUT2D eigenvalue weighted by atomic mass is 16.4. The highest BCUT2D eigenvalue weighted by Crippen LogP contribution is 2.00. The third-order valence-corrected chi connectivity index (χ3v) is 1.37. The molecule has 0 fully saturated rings. The SMILES string of the molecule is O=C(O)CCC1N=CC=CN1. The smallest absolute Gasteiger partial charge is 0.303 e. The largest absolute Gasteiger partial charge is 0.481 e. The fourth-order valence-electron chi connectivity index (χ4n) is 0.824. The average molecular weight is 154 g/mol. The van der Waals surface area contributed by atoms with Gasteiger partial charge in [0.25, 0.3) is 0 Å². The molecule has 0 aliphatic carbocycles. The van der Waals surface area contributed by atoms with Crippen LogP contribution in [-0.2, 0) is 4.79 Å². The molecule has 11 heavy (non-hydrogen) atoms. The van der Waals surface area contributed by atoms with Crippen molar-refractivity contribution in [3.05, 3.63) is 12.3 Å². The van der Waals surface area contributed by atoms with E-state index in [1.807, 2.05) is 0 Å². The van der Waals surface area contributed by atoms with E-state index in [1.165, 1.54) is 0 Å². The van der Waals surface area contributed by atoms with Gasteiger partial charge in [0.15, 0.2) is 0 Å². The minimum absolute atomic E-state index is 0.0592. The third-order valence-electron chi connectivity index (χ3n) is 1.37. The monoisotopic (exact) mass is 154 g/mol. The number of nitrogens with zero attached hydrogens (tertiary/aromatic N) is 1. The summed E-state index contributed by atoms with van der Waals surface area (Å²) in [5.74, 6) is -0.781. The molecule has 0 amide bonds. The van der Waals surface area contributed by atoms with Gasteiger partial charge in [-0.25, -0.2) is 0 Å². The first kappa shape index (κ1) is 7.78. The number of nitrogens with one attached hydrogen (secondary N) is 1. The van der Waals surface area contributed by atoms with Gasteiger partial charge in [0, 0.05) is 12.6 Å². The predicted molar refractivity (Wildman–Crippen MR) is 41.4 cm³/mol. The molecule has 0 saturated heterocycles. The maximum Gasteiger partial charge on any atom is 0.303 e. The number of carboxylic acids is 1. The number of carboxylic acid groups (broad SMARTS) is 1. The van der Waals surface area contributed by atoms with Crippen LogP contribution in [0, 0.1) is 0 Å². The Morgan fingerprint density at radius 2 is 2.55 bits per heavy atom. The summed E-state index contributed by atoms with van der Waals surface area (Å²) >= 11 is 0. The van der Waals surface area contributed by atoms with E-state index >= 15 is 0 Å². The Hall–Kier alpha value is -1.32. The van der Waals surface area contributed by atoms with Crippen LogP contribution in [0.15, 0.2) is 17.3 Å². The molecule has 0 aromatic rings. The molecule has 4 nitrogen and oxygen atoms in total. The Bertz CT molecular complexity index is 199. The summed E-state index contributed by atoms with van der Waals surface area (Å²) in [5, 5.41) is 11.3. The van der Waals surface area contributed by atoms with Crippen molar-refractivity contribution in [3.8, 4) is 0 Å². The molecule has 0 saturated carbocycles. The number of allylic oxidation sites excluding steroid dienone is 1. The van der Waals surface area contributed by atoms with Crippen molar-refractivity contribution >= 4 is 12.2 Å². The van der Waals surface area contributed by atoms with Gasteiger partial charge >= 0.3 is 5.97 Å². The number of aliphatic carboxylic acids is 1. The zero-order valence-electron chi connectivity index (χ0n) is 6.03. The third kappa shape index (κ3) is 2.84. The van der Waals surface area contributed by atoms with Crippen molar-refractivity contribution in [2.24, 2.45) is 4.99 Å². The van der Waals surface area contributed by atoms with E-state index in [2.05, 4.69) is 10.3 Å². The van der Waals surface area contributed by atoms with Gasteiger partial charge in [0.05, 0.1) is 0 Å². The lowest BCUT2D eigenvalue weighted by atomic mass is 10.2. The molecule has 0 aromatic carbocycles. The molecule has 60 valence electrons. The lowest BCUT2D eigenvalue weighted by Gasteiger charge is -2.12. The Labute approximate surface area is 64.6 Å². The first-order valence-electron chi connectivity index (χ1n) is 3.45. The average Bonchev–Trinajstić information content (AvgIpc) is 2.03. The first-order chi connectivity index (χ1) is 5.29. The fourth-order valence-corrected chi connectivity index (χ4v) is 0.824. The number of rotatable bonds is 3. The van der Waals surface area contributed by atoms with Crippen LogP contribution >= 0.6 is 0 Å². The van der Waals surface area contributed by atoms with Gasteiger partial charge in [-0.3, -0.25) is 9.79 Å². The topological polar surface area (TPSA) is 61.7 Å². The van der Waals surface area contributed by atoms with Crippen molar-refractivity contribution in [2.45, 2.75) is 19.0 Å². The molecule has 4 heteroatoms. The molecule has 0 radical (unpaired) electrons. The van der Waals surface area contributed by atoms with Crippen LogP contribution in [0.5, 0.6) is 0 Å². The van der Waals surface area contributed by atoms with Crippen LogP contribution in [-0.4, -0.2) is 23.5 Å².